The Morgan fingerprint density at radius 1 is 1.17 bits per heavy atom. The third-order valence-corrected chi connectivity index (χ3v) is 4.93. The number of nitrogens with one attached hydrogen (secondary N) is 1. The van der Waals surface area contributed by atoms with Gasteiger partial charge >= 0.3 is 5.97 Å². The molecule has 1 saturated carbocycles. The average molecular weight is 325 g/mol. The molecule has 1 amide bonds. The van der Waals surface area contributed by atoms with Crippen molar-refractivity contribution in [2.45, 2.75) is 73.3 Å². The van der Waals surface area contributed by atoms with Crippen LogP contribution in [0.15, 0.2) is 0 Å². The Morgan fingerprint density at radius 3 is 2.35 bits per heavy atom. The molecule has 1 aliphatic rings. The number of hydrogen-bond acceptors (Lipinski definition) is 3. The van der Waals surface area contributed by atoms with Crippen molar-refractivity contribution in [2.24, 2.45) is 29.6 Å². The molecule has 4 atom stereocenters. The first kappa shape index (κ1) is 20.0. The molecule has 4 heteroatoms. The summed E-state index contributed by atoms with van der Waals surface area (Å²) in [6.07, 6.45) is 3.79. The summed E-state index contributed by atoms with van der Waals surface area (Å²) in [5.41, 5.74) is 0. The van der Waals surface area contributed by atoms with Crippen molar-refractivity contribution in [1.82, 2.24) is 5.32 Å². The molecule has 0 heterocycles. The number of esters is 1. The topological polar surface area (TPSA) is 55.4 Å². The Kier molecular flexibility index (Phi) is 8.07. The van der Waals surface area contributed by atoms with Gasteiger partial charge in [-0.2, -0.15) is 0 Å². The molecule has 1 rings (SSSR count). The summed E-state index contributed by atoms with van der Waals surface area (Å²) in [6.45, 7) is 12.9. The quantitative estimate of drug-likeness (QED) is 0.725. The van der Waals surface area contributed by atoms with Crippen LogP contribution in [0.25, 0.3) is 0 Å². The average Bonchev–Trinajstić information content (AvgIpc) is 2.49. The largest absolute Gasteiger partial charge is 0.464 e. The molecule has 0 spiro atoms. The van der Waals surface area contributed by atoms with Crippen molar-refractivity contribution in [1.29, 1.82) is 0 Å². The number of ether oxygens (including phenoxy) is 1. The van der Waals surface area contributed by atoms with Crippen LogP contribution in [0.3, 0.4) is 0 Å². The van der Waals surface area contributed by atoms with Crippen LogP contribution in [0, 0.1) is 29.6 Å². The first-order valence-corrected chi connectivity index (χ1v) is 9.23. The van der Waals surface area contributed by atoms with Crippen LogP contribution in [0.5, 0.6) is 0 Å². The van der Waals surface area contributed by atoms with E-state index in [4.69, 9.17) is 4.74 Å². The van der Waals surface area contributed by atoms with Crippen molar-refractivity contribution in [3.63, 3.8) is 0 Å². The third kappa shape index (κ3) is 6.15. The van der Waals surface area contributed by atoms with Crippen LogP contribution in [-0.2, 0) is 14.3 Å². The Bertz CT molecular complexity index is 392. The van der Waals surface area contributed by atoms with Crippen LogP contribution in [0.2, 0.25) is 0 Å². The molecular weight excluding hydrogens is 290 g/mol. The predicted octanol–water partition coefficient (Wildman–Crippen LogP) is 3.79. The van der Waals surface area contributed by atoms with E-state index in [9.17, 15) is 9.59 Å². The van der Waals surface area contributed by atoms with E-state index in [1.807, 2.05) is 20.8 Å². The van der Waals surface area contributed by atoms with Crippen LogP contribution in [0.4, 0.5) is 0 Å². The maximum Gasteiger partial charge on any atom is 0.328 e. The molecule has 1 aliphatic carbocycles. The number of amides is 1. The summed E-state index contributed by atoms with van der Waals surface area (Å²) in [6, 6.07) is -0.522. The van der Waals surface area contributed by atoms with E-state index in [1.165, 1.54) is 6.42 Å². The molecule has 23 heavy (non-hydrogen) atoms. The number of rotatable bonds is 7. The number of carbonyl (C=O) groups excluding carboxylic acids is 2. The van der Waals surface area contributed by atoms with Crippen molar-refractivity contribution in [3.05, 3.63) is 0 Å². The van der Waals surface area contributed by atoms with Gasteiger partial charge in [0.2, 0.25) is 5.91 Å². The second-order valence-corrected chi connectivity index (χ2v) is 7.93. The second-order valence-electron chi connectivity index (χ2n) is 7.93. The minimum Gasteiger partial charge on any atom is -0.464 e. The van der Waals surface area contributed by atoms with E-state index in [0.29, 0.717) is 36.7 Å². The fourth-order valence-corrected chi connectivity index (χ4v) is 3.46. The maximum atomic E-state index is 12.8. The Labute approximate surface area is 141 Å². The zero-order chi connectivity index (χ0) is 17.6. The van der Waals surface area contributed by atoms with Gasteiger partial charge < -0.3 is 10.1 Å². The molecule has 0 aromatic carbocycles. The molecule has 0 unspecified atom stereocenters. The highest BCUT2D eigenvalue weighted by atomic mass is 16.5. The normalized spacial score (nSPS) is 26.2. The monoisotopic (exact) mass is 325 g/mol. The standard InChI is InChI=1S/C19H35NO3/c1-7-17(19(22)23-11-12(2)3)20-18(21)16-10-14(6)8-9-15(16)13(4)5/h12-17H,7-11H2,1-6H3,(H,20,21)/t14-,15+,16-,17-/m1/s1. The van der Waals surface area contributed by atoms with Crippen LogP contribution >= 0.6 is 0 Å². The van der Waals surface area contributed by atoms with Gasteiger partial charge in [-0.05, 0) is 42.9 Å². The van der Waals surface area contributed by atoms with Gasteiger partial charge in [-0.3, -0.25) is 4.79 Å². The van der Waals surface area contributed by atoms with Crippen molar-refractivity contribution >= 4 is 11.9 Å². The lowest BCUT2D eigenvalue weighted by atomic mass is 9.69. The van der Waals surface area contributed by atoms with Gasteiger partial charge in [0.25, 0.3) is 0 Å². The lowest BCUT2D eigenvalue weighted by Gasteiger charge is -2.37. The fourth-order valence-electron chi connectivity index (χ4n) is 3.46. The number of carbonyl (C=O) groups is 2. The van der Waals surface area contributed by atoms with E-state index in [0.717, 1.165) is 12.8 Å². The van der Waals surface area contributed by atoms with Gasteiger partial charge in [-0.1, -0.05) is 48.0 Å². The maximum absolute atomic E-state index is 12.8. The summed E-state index contributed by atoms with van der Waals surface area (Å²) >= 11 is 0. The van der Waals surface area contributed by atoms with E-state index in [2.05, 4.69) is 26.1 Å². The Hall–Kier alpha value is -1.06. The van der Waals surface area contributed by atoms with Crippen LogP contribution in [0.1, 0.15) is 67.2 Å². The van der Waals surface area contributed by atoms with Crippen molar-refractivity contribution < 1.29 is 14.3 Å². The third-order valence-electron chi connectivity index (χ3n) is 4.93. The first-order chi connectivity index (χ1) is 10.8. The highest BCUT2D eigenvalue weighted by molar-refractivity contribution is 5.86. The molecule has 0 aromatic heterocycles. The minimum atomic E-state index is -0.522. The van der Waals surface area contributed by atoms with Crippen LogP contribution < -0.4 is 5.32 Å². The lowest BCUT2D eigenvalue weighted by molar-refractivity contribution is -0.150. The highest BCUT2D eigenvalue weighted by Gasteiger charge is 2.36. The van der Waals surface area contributed by atoms with Crippen LogP contribution in [-0.4, -0.2) is 24.5 Å². The van der Waals surface area contributed by atoms with Crippen molar-refractivity contribution in [2.75, 3.05) is 6.61 Å². The Balaban J connectivity index is 2.67. The van der Waals surface area contributed by atoms with Gasteiger partial charge in [0.1, 0.15) is 6.04 Å². The van der Waals surface area contributed by atoms with E-state index in [1.54, 1.807) is 0 Å². The smallest absolute Gasteiger partial charge is 0.328 e. The molecule has 1 fully saturated rings. The van der Waals surface area contributed by atoms with E-state index < -0.39 is 6.04 Å². The zero-order valence-corrected chi connectivity index (χ0v) is 15.7. The molecule has 0 aromatic rings. The molecule has 0 bridgehead atoms. The van der Waals surface area contributed by atoms with Crippen molar-refractivity contribution in [3.8, 4) is 0 Å². The summed E-state index contributed by atoms with van der Waals surface area (Å²) in [5.74, 6) is 1.53. The zero-order valence-electron chi connectivity index (χ0n) is 15.7. The molecule has 0 radical (unpaired) electrons. The molecule has 0 saturated heterocycles. The summed E-state index contributed by atoms with van der Waals surface area (Å²) in [7, 11) is 0. The Morgan fingerprint density at radius 2 is 1.83 bits per heavy atom. The van der Waals surface area contributed by atoms with Gasteiger partial charge in [0.05, 0.1) is 6.61 Å². The van der Waals surface area contributed by atoms with E-state index >= 15 is 0 Å². The van der Waals surface area contributed by atoms with E-state index in [-0.39, 0.29) is 17.8 Å². The lowest BCUT2D eigenvalue weighted by Crippen LogP contribution is -2.47. The predicted molar refractivity (Wildman–Crippen MR) is 92.9 cm³/mol. The fraction of sp³-hybridized carbons (Fsp3) is 0.895. The molecule has 134 valence electrons. The molecule has 0 aliphatic heterocycles. The number of hydrogen-bond donors (Lipinski definition) is 1. The molecular formula is C19H35NO3. The minimum absolute atomic E-state index is 0.0192. The summed E-state index contributed by atoms with van der Waals surface area (Å²) in [5, 5.41) is 2.95. The highest BCUT2D eigenvalue weighted by Crippen LogP contribution is 2.38. The second kappa shape index (κ2) is 9.29. The first-order valence-electron chi connectivity index (χ1n) is 9.23. The van der Waals surface area contributed by atoms with Gasteiger partial charge in [-0.15, -0.1) is 0 Å². The van der Waals surface area contributed by atoms with Gasteiger partial charge in [0, 0.05) is 5.92 Å². The SMILES string of the molecule is CC[C@@H](NC(=O)[C@@H]1C[C@H](C)CC[C@H]1C(C)C)C(=O)OCC(C)C. The van der Waals surface area contributed by atoms with Gasteiger partial charge in [0.15, 0.2) is 0 Å². The molecule has 1 N–H and O–H groups in total. The van der Waals surface area contributed by atoms with Gasteiger partial charge in [-0.25, -0.2) is 4.79 Å². The molecule has 4 nitrogen and oxygen atoms in total. The summed E-state index contributed by atoms with van der Waals surface area (Å²) < 4.78 is 5.29. The summed E-state index contributed by atoms with van der Waals surface area (Å²) in [4.78, 5) is 24.9.